The summed E-state index contributed by atoms with van der Waals surface area (Å²) in [4.78, 5) is 12.9. The molecule has 12 heavy (non-hydrogen) atoms. The maximum absolute atomic E-state index is 11.2. The zero-order valence-corrected chi connectivity index (χ0v) is 8.66. The van der Waals surface area contributed by atoms with E-state index in [-0.39, 0.29) is 11.9 Å². The predicted octanol–water partition coefficient (Wildman–Crippen LogP) is 2.41. The first-order valence-corrected chi connectivity index (χ1v) is 4.42. The summed E-state index contributed by atoms with van der Waals surface area (Å²) in [6.07, 6.45) is 3.73. The molecule has 0 radical (unpaired) electrons. The SMILES string of the molecule is C/C=C\N(C(C)=O)C(C)C(C)C. The number of carbonyl (C=O) groups is 1. The zero-order valence-electron chi connectivity index (χ0n) is 8.66. The maximum Gasteiger partial charge on any atom is 0.223 e. The van der Waals surface area contributed by atoms with Gasteiger partial charge in [-0.3, -0.25) is 4.79 Å². The van der Waals surface area contributed by atoms with Gasteiger partial charge in [-0.05, 0) is 19.8 Å². The smallest absolute Gasteiger partial charge is 0.223 e. The molecule has 0 heterocycles. The van der Waals surface area contributed by atoms with Crippen molar-refractivity contribution in [2.75, 3.05) is 0 Å². The van der Waals surface area contributed by atoms with Gasteiger partial charge in [0.25, 0.3) is 0 Å². The van der Waals surface area contributed by atoms with Crippen molar-refractivity contribution in [1.29, 1.82) is 0 Å². The second-order valence-corrected chi connectivity index (χ2v) is 3.39. The van der Waals surface area contributed by atoms with Crippen LogP contribution in [0, 0.1) is 5.92 Å². The number of nitrogens with zero attached hydrogens (tertiary/aromatic N) is 1. The van der Waals surface area contributed by atoms with Crippen LogP contribution in [0.15, 0.2) is 12.3 Å². The first kappa shape index (κ1) is 11.2. The van der Waals surface area contributed by atoms with Gasteiger partial charge in [-0.25, -0.2) is 0 Å². The molecular weight excluding hydrogens is 150 g/mol. The van der Waals surface area contributed by atoms with Gasteiger partial charge in [-0.1, -0.05) is 19.9 Å². The summed E-state index contributed by atoms with van der Waals surface area (Å²) in [5.41, 5.74) is 0. The van der Waals surface area contributed by atoms with E-state index in [0.29, 0.717) is 5.92 Å². The van der Waals surface area contributed by atoms with Crippen molar-refractivity contribution >= 4 is 5.91 Å². The molecule has 2 heteroatoms. The summed E-state index contributed by atoms with van der Waals surface area (Å²) in [6.45, 7) is 9.81. The molecule has 1 amide bonds. The Kier molecular flexibility index (Phi) is 4.64. The van der Waals surface area contributed by atoms with Gasteiger partial charge < -0.3 is 4.90 Å². The van der Waals surface area contributed by atoms with E-state index in [1.807, 2.05) is 19.2 Å². The lowest BCUT2D eigenvalue weighted by atomic mass is 10.1. The highest BCUT2D eigenvalue weighted by Crippen LogP contribution is 2.10. The number of allylic oxidation sites excluding steroid dienone is 1. The molecule has 0 aliphatic rings. The van der Waals surface area contributed by atoms with Crippen LogP contribution in [0.2, 0.25) is 0 Å². The highest BCUT2D eigenvalue weighted by atomic mass is 16.2. The fourth-order valence-corrected chi connectivity index (χ4v) is 1.01. The highest BCUT2D eigenvalue weighted by Gasteiger charge is 2.16. The summed E-state index contributed by atoms with van der Waals surface area (Å²) in [6, 6.07) is 0.277. The first-order valence-electron chi connectivity index (χ1n) is 4.42. The Hall–Kier alpha value is -0.790. The third-order valence-electron chi connectivity index (χ3n) is 2.08. The van der Waals surface area contributed by atoms with Crippen LogP contribution in [-0.4, -0.2) is 16.8 Å². The lowest BCUT2D eigenvalue weighted by Crippen LogP contribution is -2.35. The Balaban J connectivity index is 4.40. The van der Waals surface area contributed by atoms with Gasteiger partial charge in [-0.2, -0.15) is 0 Å². The van der Waals surface area contributed by atoms with E-state index in [2.05, 4.69) is 20.8 Å². The average molecular weight is 169 g/mol. The Morgan fingerprint density at radius 2 is 1.83 bits per heavy atom. The number of hydrogen-bond acceptors (Lipinski definition) is 1. The molecule has 0 fully saturated rings. The van der Waals surface area contributed by atoms with Crippen molar-refractivity contribution in [1.82, 2.24) is 4.90 Å². The Morgan fingerprint density at radius 3 is 2.08 bits per heavy atom. The Morgan fingerprint density at radius 1 is 1.33 bits per heavy atom. The highest BCUT2D eigenvalue weighted by molar-refractivity contribution is 5.74. The van der Waals surface area contributed by atoms with Crippen LogP contribution in [0.25, 0.3) is 0 Å². The first-order chi connectivity index (χ1) is 5.50. The summed E-state index contributed by atoms with van der Waals surface area (Å²) >= 11 is 0. The van der Waals surface area contributed by atoms with Gasteiger partial charge in [0.2, 0.25) is 5.91 Å². The normalized spacial score (nSPS) is 13.8. The van der Waals surface area contributed by atoms with Crippen LogP contribution in [0.3, 0.4) is 0 Å². The standard InChI is InChI=1S/C10H19NO/c1-6-7-11(10(5)12)9(4)8(2)3/h6-9H,1-5H3/b7-6-. The molecule has 1 atom stereocenters. The Labute approximate surface area is 75.3 Å². The number of hydrogen-bond donors (Lipinski definition) is 0. The fraction of sp³-hybridized carbons (Fsp3) is 0.700. The van der Waals surface area contributed by atoms with Gasteiger partial charge in [0.15, 0.2) is 0 Å². The van der Waals surface area contributed by atoms with E-state index < -0.39 is 0 Å². The molecule has 0 aliphatic heterocycles. The number of amides is 1. The van der Waals surface area contributed by atoms with Crippen LogP contribution in [0.1, 0.15) is 34.6 Å². The maximum atomic E-state index is 11.2. The van der Waals surface area contributed by atoms with Gasteiger partial charge >= 0.3 is 0 Å². The van der Waals surface area contributed by atoms with Crippen LogP contribution in [0.4, 0.5) is 0 Å². The van der Waals surface area contributed by atoms with Crippen molar-refractivity contribution in [3.8, 4) is 0 Å². The average Bonchev–Trinajstić information content (AvgIpc) is 1.98. The molecule has 0 rings (SSSR count). The minimum absolute atomic E-state index is 0.106. The molecule has 70 valence electrons. The van der Waals surface area contributed by atoms with Crippen LogP contribution < -0.4 is 0 Å². The minimum atomic E-state index is 0.106. The molecule has 0 saturated heterocycles. The van der Waals surface area contributed by atoms with Crippen LogP contribution >= 0.6 is 0 Å². The van der Waals surface area contributed by atoms with Crippen molar-refractivity contribution in [3.63, 3.8) is 0 Å². The van der Waals surface area contributed by atoms with Gasteiger partial charge in [0.1, 0.15) is 0 Å². The second kappa shape index (κ2) is 4.96. The van der Waals surface area contributed by atoms with Gasteiger partial charge in [0, 0.05) is 19.2 Å². The van der Waals surface area contributed by atoms with Crippen molar-refractivity contribution in [2.24, 2.45) is 5.92 Å². The van der Waals surface area contributed by atoms with E-state index in [1.165, 1.54) is 0 Å². The van der Waals surface area contributed by atoms with E-state index >= 15 is 0 Å². The predicted molar refractivity (Wildman–Crippen MR) is 51.6 cm³/mol. The summed E-state index contributed by atoms with van der Waals surface area (Å²) in [5.74, 6) is 0.597. The Bertz CT molecular complexity index is 173. The molecule has 0 N–H and O–H groups in total. The molecule has 0 aromatic carbocycles. The monoisotopic (exact) mass is 169 g/mol. The van der Waals surface area contributed by atoms with Crippen LogP contribution in [-0.2, 0) is 4.79 Å². The zero-order chi connectivity index (χ0) is 9.72. The largest absolute Gasteiger partial charge is 0.317 e. The molecule has 0 aliphatic carbocycles. The number of carbonyl (C=O) groups excluding carboxylic acids is 1. The van der Waals surface area contributed by atoms with Crippen molar-refractivity contribution in [3.05, 3.63) is 12.3 Å². The minimum Gasteiger partial charge on any atom is -0.317 e. The molecular formula is C10H19NO. The lowest BCUT2D eigenvalue weighted by Gasteiger charge is -2.27. The van der Waals surface area contributed by atoms with Gasteiger partial charge in [0.05, 0.1) is 0 Å². The van der Waals surface area contributed by atoms with E-state index in [9.17, 15) is 4.79 Å². The molecule has 1 unspecified atom stereocenters. The fourth-order valence-electron chi connectivity index (χ4n) is 1.01. The van der Waals surface area contributed by atoms with Crippen molar-refractivity contribution in [2.45, 2.75) is 40.7 Å². The lowest BCUT2D eigenvalue weighted by molar-refractivity contribution is -0.128. The summed E-state index contributed by atoms with van der Waals surface area (Å²) < 4.78 is 0. The van der Waals surface area contributed by atoms with E-state index in [0.717, 1.165) is 0 Å². The van der Waals surface area contributed by atoms with Crippen molar-refractivity contribution < 1.29 is 4.79 Å². The molecule has 0 aromatic heterocycles. The molecule has 0 bridgehead atoms. The van der Waals surface area contributed by atoms with Gasteiger partial charge in [-0.15, -0.1) is 0 Å². The summed E-state index contributed by atoms with van der Waals surface area (Å²) in [5, 5.41) is 0. The molecule has 0 aromatic rings. The summed E-state index contributed by atoms with van der Waals surface area (Å²) in [7, 11) is 0. The third kappa shape index (κ3) is 3.07. The quantitative estimate of drug-likeness (QED) is 0.635. The molecule has 0 saturated carbocycles. The third-order valence-corrected chi connectivity index (χ3v) is 2.08. The molecule has 2 nitrogen and oxygen atoms in total. The van der Waals surface area contributed by atoms with E-state index in [4.69, 9.17) is 0 Å². The molecule has 0 spiro atoms. The number of rotatable bonds is 3. The second-order valence-electron chi connectivity index (χ2n) is 3.39. The van der Waals surface area contributed by atoms with Crippen LogP contribution in [0.5, 0.6) is 0 Å². The van der Waals surface area contributed by atoms with E-state index in [1.54, 1.807) is 11.8 Å². The topological polar surface area (TPSA) is 20.3 Å².